The Morgan fingerprint density at radius 2 is 1.97 bits per heavy atom. The minimum Gasteiger partial charge on any atom is -0.387 e. The number of fused-ring (bicyclic) bond motifs is 3. The molecule has 0 spiro atoms. The largest absolute Gasteiger partial charge is 0.387 e. The molecule has 2 aliphatic rings. The van der Waals surface area contributed by atoms with Crippen LogP contribution < -0.4 is 5.32 Å². The van der Waals surface area contributed by atoms with Gasteiger partial charge < -0.3 is 15.2 Å². The molecule has 0 unspecified atom stereocenters. The summed E-state index contributed by atoms with van der Waals surface area (Å²) in [5.74, 6) is 0.249. The molecule has 0 saturated heterocycles. The van der Waals surface area contributed by atoms with E-state index in [1.54, 1.807) is 6.20 Å². The van der Waals surface area contributed by atoms with Gasteiger partial charge in [0.15, 0.2) is 0 Å². The van der Waals surface area contributed by atoms with Crippen molar-refractivity contribution in [1.82, 2.24) is 4.98 Å². The lowest BCUT2D eigenvalue weighted by molar-refractivity contribution is -0.0987. The van der Waals surface area contributed by atoms with Crippen molar-refractivity contribution >= 4 is 11.6 Å². The van der Waals surface area contributed by atoms with Crippen molar-refractivity contribution in [3.8, 4) is 0 Å². The molecule has 200 valence electrons. The van der Waals surface area contributed by atoms with Gasteiger partial charge in [-0.2, -0.15) is 0 Å². The molecule has 5 rings (SSSR count). The van der Waals surface area contributed by atoms with Crippen LogP contribution in [0.1, 0.15) is 78.2 Å². The second kappa shape index (κ2) is 11.4. The van der Waals surface area contributed by atoms with Crippen LogP contribution in [0.15, 0.2) is 66.9 Å². The zero-order valence-electron chi connectivity index (χ0n) is 22.7. The molecule has 38 heavy (non-hydrogen) atoms. The van der Waals surface area contributed by atoms with E-state index in [0.29, 0.717) is 24.7 Å². The second-order valence-corrected chi connectivity index (χ2v) is 11.4. The van der Waals surface area contributed by atoms with Crippen LogP contribution in [-0.4, -0.2) is 34.8 Å². The van der Waals surface area contributed by atoms with Gasteiger partial charge in [-0.3, -0.25) is 9.78 Å². The molecular formula is C33H40N2O3. The highest BCUT2D eigenvalue weighted by Gasteiger charge is 2.50. The van der Waals surface area contributed by atoms with Crippen LogP contribution in [0, 0.1) is 12.8 Å². The molecule has 1 fully saturated rings. The highest BCUT2D eigenvalue weighted by molar-refractivity contribution is 6.04. The number of ether oxygens (including phenoxy) is 1. The smallest absolute Gasteiger partial charge is 0.255 e. The van der Waals surface area contributed by atoms with Gasteiger partial charge in [-0.05, 0) is 105 Å². The van der Waals surface area contributed by atoms with Gasteiger partial charge in [-0.15, -0.1) is 0 Å². The van der Waals surface area contributed by atoms with Crippen molar-refractivity contribution in [2.75, 3.05) is 18.5 Å². The van der Waals surface area contributed by atoms with E-state index < -0.39 is 5.60 Å². The lowest BCUT2D eigenvalue weighted by Crippen LogP contribution is -2.51. The van der Waals surface area contributed by atoms with Gasteiger partial charge in [0.05, 0.1) is 23.6 Å². The molecular weight excluding hydrogens is 472 g/mol. The summed E-state index contributed by atoms with van der Waals surface area (Å²) in [4.78, 5) is 17.5. The highest BCUT2D eigenvalue weighted by Crippen LogP contribution is 2.53. The SMILES string of the molecule is CCCOC[C@]1(O)CC[C@]2(Cc3ccccc3)c3ccc(C(=O)Nc4cccnc4C)cc3CCC[C@@H]2C1. The quantitative estimate of drug-likeness (QED) is 0.342. The standard InChI is InChI=1S/C33H40N2O3/c1-3-19-38-23-32(37)16-17-33(21-25-9-5-4-6-10-25)28(22-32)12-7-11-26-20-27(14-15-29(26)33)31(36)35-30-13-8-18-34-24(30)2/h4-6,8-10,13-15,18,20,28,37H,3,7,11-12,16-17,19,21-23H2,1-2H3,(H,35,36)/t28-,32+,33-/m1/s1. The zero-order chi connectivity index (χ0) is 26.6. The van der Waals surface area contributed by atoms with Crippen molar-refractivity contribution in [1.29, 1.82) is 0 Å². The first-order chi connectivity index (χ1) is 18.4. The molecule has 3 aromatic rings. The van der Waals surface area contributed by atoms with E-state index in [1.807, 2.05) is 25.1 Å². The number of anilines is 1. The van der Waals surface area contributed by atoms with Crippen LogP contribution >= 0.6 is 0 Å². The van der Waals surface area contributed by atoms with E-state index in [1.165, 1.54) is 16.7 Å². The van der Waals surface area contributed by atoms with Crippen LogP contribution in [0.25, 0.3) is 0 Å². The predicted octanol–water partition coefficient (Wildman–Crippen LogP) is 6.42. The number of aromatic nitrogens is 1. The van der Waals surface area contributed by atoms with Crippen molar-refractivity contribution < 1.29 is 14.6 Å². The van der Waals surface area contributed by atoms with Gasteiger partial charge in [-0.1, -0.05) is 43.3 Å². The maximum Gasteiger partial charge on any atom is 0.255 e. The summed E-state index contributed by atoms with van der Waals surface area (Å²) >= 11 is 0. The number of hydrogen-bond donors (Lipinski definition) is 2. The minimum atomic E-state index is -0.772. The van der Waals surface area contributed by atoms with E-state index in [0.717, 1.165) is 62.7 Å². The lowest BCUT2D eigenvalue weighted by Gasteiger charge is -2.50. The first-order valence-electron chi connectivity index (χ1n) is 14.1. The first-order valence-corrected chi connectivity index (χ1v) is 14.1. The Labute approximate surface area is 226 Å². The van der Waals surface area contributed by atoms with Crippen LogP contribution in [0.2, 0.25) is 0 Å². The Kier molecular flexibility index (Phi) is 7.96. The Hall–Kier alpha value is -3.02. The molecule has 1 amide bonds. The molecule has 5 nitrogen and oxygen atoms in total. The molecule has 3 atom stereocenters. The second-order valence-electron chi connectivity index (χ2n) is 11.4. The number of aliphatic hydroxyl groups is 1. The summed E-state index contributed by atoms with van der Waals surface area (Å²) in [6.07, 6.45) is 9.08. The van der Waals surface area contributed by atoms with Gasteiger partial charge >= 0.3 is 0 Å². The minimum absolute atomic E-state index is 0.0703. The monoisotopic (exact) mass is 512 g/mol. The zero-order valence-corrected chi connectivity index (χ0v) is 22.7. The number of nitrogens with one attached hydrogen (secondary N) is 1. The Bertz CT molecular complexity index is 1260. The molecule has 5 heteroatoms. The fourth-order valence-electron chi connectivity index (χ4n) is 6.75. The lowest BCUT2D eigenvalue weighted by atomic mass is 9.56. The topological polar surface area (TPSA) is 71.5 Å². The van der Waals surface area contributed by atoms with Crippen LogP contribution in [0.3, 0.4) is 0 Å². The van der Waals surface area contributed by atoms with E-state index in [4.69, 9.17) is 4.74 Å². The fraction of sp³-hybridized carbons (Fsp3) is 0.455. The van der Waals surface area contributed by atoms with Crippen LogP contribution in [-0.2, 0) is 23.0 Å². The number of carbonyl (C=O) groups is 1. The summed E-state index contributed by atoms with van der Waals surface area (Å²) < 4.78 is 5.86. The number of pyridine rings is 1. The third kappa shape index (κ3) is 5.55. The van der Waals surface area contributed by atoms with Crippen LogP contribution in [0.4, 0.5) is 5.69 Å². The van der Waals surface area contributed by atoms with Crippen molar-refractivity contribution in [3.63, 3.8) is 0 Å². The molecule has 1 heterocycles. The number of rotatable bonds is 8. The van der Waals surface area contributed by atoms with E-state index in [2.05, 4.69) is 59.7 Å². The average Bonchev–Trinajstić information content (AvgIpc) is 3.07. The number of benzene rings is 2. The van der Waals surface area contributed by atoms with E-state index in [9.17, 15) is 9.90 Å². The van der Waals surface area contributed by atoms with Gasteiger partial charge in [0.2, 0.25) is 0 Å². The number of amides is 1. The molecule has 2 N–H and O–H groups in total. The number of nitrogens with zero attached hydrogens (tertiary/aromatic N) is 1. The molecule has 2 aromatic carbocycles. The Morgan fingerprint density at radius 3 is 2.76 bits per heavy atom. The maximum atomic E-state index is 13.2. The third-order valence-corrected chi connectivity index (χ3v) is 8.68. The van der Waals surface area contributed by atoms with Crippen LogP contribution in [0.5, 0.6) is 0 Å². The molecule has 2 aliphatic carbocycles. The summed E-state index contributed by atoms with van der Waals surface area (Å²) in [6, 6.07) is 20.8. The van der Waals surface area contributed by atoms with Crippen molar-refractivity contribution in [2.24, 2.45) is 5.92 Å². The average molecular weight is 513 g/mol. The highest BCUT2D eigenvalue weighted by atomic mass is 16.5. The summed E-state index contributed by atoms with van der Waals surface area (Å²) in [6.45, 7) is 5.11. The summed E-state index contributed by atoms with van der Waals surface area (Å²) in [5, 5.41) is 14.6. The summed E-state index contributed by atoms with van der Waals surface area (Å²) in [5.41, 5.74) is 5.34. The van der Waals surface area contributed by atoms with E-state index in [-0.39, 0.29) is 11.3 Å². The van der Waals surface area contributed by atoms with Gasteiger partial charge in [0, 0.05) is 23.8 Å². The summed E-state index contributed by atoms with van der Waals surface area (Å²) in [7, 11) is 0. The van der Waals surface area contributed by atoms with E-state index >= 15 is 0 Å². The number of aryl methyl sites for hydroxylation is 2. The number of carbonyl (C=O) groups excluding carboxylic acids is 1. The molecule has 1 aromatic heterocycles. The first kappa shape index (κ1) is 26.6. The molecule has 1 saturated carbocycles. The fourth-order valence-corrected chi connectivity index (χ4v) is 6.75. The Balaban J connectivity index is 1.48. The number of hydrogen-bond acceptors (Lipinski definition) is 4. The van der Waals surface area contributed by atoms with Crippen molar-refractivity contribution in [2.45, 2.75) is 76.2 Å². The molecule has 0 bridgehead atoms. The molecule has 0 aliphatic heterocycles. The normalized spacial score (nSPS) is 24.7. The molecule has 0 radical (unpaired) electrons. The van der Waals surface area contributed by atoms with Gasteiger partial charge in [0.1, 0.15) is 0 Å². The van der Waals surface area contributed by atoms with Gasteiger partial charge in [-0.25, -0.2) is 0 Å². The Morgan fingerprint density at radius 1 is 1.13 bits per heavy atom. The third-order valence-electron chi connectivity index (χ3n) is 8.68. The van der Waals surface area contributed by atoms with Gasteiger partial charge in [0.25, 0.3) is 5.91 Å². The van der Waals surface area contributed by atoms with Crippen molar-refractivity contribution in [3.05, 3.63) is 94.8 Å². The maximum absolute atomic E-state index is 13.2. The predicted molar refractivity (Wildman–Crippen MR) is 152 cm³/mol.